The van der Waals surface area contributed by atoms with E-state index in [-0.39, 0.29) is 47.0 Å². The summed E-state index contributed by atoms with van der Waals surface area (Å²) in [4.78, 5) is 47.0. The van der Waals surface area contributed by atoms with Crippen molar-refractivity contribution >= 4 is 23.6 Å². The van der Waals surface area contributed by atoms with Gasteiger partial charge in [-0.3, -0.25) is 14.4 Å². The zero-order valence-corrected chi connectivity index (χ0v) is 32.5. The largest absolute Gasteiger partial charge is 0.478 e. The summed E-state index contributed by atoms with van der Waals surface area (Å²) in [6, 6.07) is 10.5. The molecule has 0 unspecified atom stereocenters. The Labute approximate surface area is 311 Å². The highest BCUT2D eigenvalue weighted by molar-refractivity contribution is 5.96. The molecule has 0 aliphatic carbocycles. The van der Waals surface area contributed by atoms with E-state index >= 15 is 0 Å². The molecule has 0 bridgehead atoms. The molecule has 2 heterocycles. The Hall–Kier alpha value is -3.82. The Morgan fingerprint density at radius 1 is 0.755 bits per heavy atom. The number of benzene rings is 2. The van der Waals surface area contributed by atoms with Crippen molar-refractivity contribution in [3.8, 4) is 0 Å². The van der Waals surface area contributed by atoms with Crippen LogP contribution in [0.3, 0.4) is 0 Å². The van der Waals surface area contributed by atoms with Crippen LogP contribution in [-0.4, -0.2) is 84.8 Å². The Balaban J connectivity index is 0.000000307. The number of carbonyl (C=O) groups excluding carboxylic acids is 3. The summed E-state index contributed by atoms with van der Waals surface area (Å²) in [6.07, 6.45) is -0.907. The average Bonchev–Trinajstić information content (AvgIpc) is 3.05. The van der Waals surface area contributed by atoms with Crippen LogP contribution in [-0.2, 0) is 28.5 Å². The van der Waals surface area contributed by atoms with Crippen LogP contribution in [0.15, 0.2) is 48.5 Å². The van der Waals surface area contributed by atoms with E-state index in [2.05, 4.69) is 10.6 Å². The van der Waals surface area contributed by atoms with Crippen molar-refractivity contribution in [2.45, 2.75) is 105 Å². The van der Waals surface area contributed by atoms with Crippen LogP contribution in [0.4, 0.5) is 8.78 Å². The van der Waals surface area contributed by atoms with Gasteiger partial charge in [0.2, 0.25) is 11.8 Å². The van der Waals surface area contributed by atoms with Gasteiger partial charge in [0.1, 0.15) is 23.8 Å². The molecule has 12 nitrogen and oxygen atoms in total. The Bertz CT molecular complexity index is 1560. The third-order valence-corrected chi connectivity index (χ3v) is 8.26. The zero-order valence-electron chi connectivity index (χ0n) is 32.5. The molecule has 2 aliphatic heterocycles. The number of hydrogen-bond donors (Lipinski definition) is 4. The van der Waals surface area contributed by atoms with Gasteiger partial charge in [0, 0.05) is 41.9 Å². The number of carbonyl (C=O) groups is 4. The Morgan fingerprint density at radius 3 is 1.57 bits per heavy atom. The highest BCUT2D eigenvalue weighted by Gasteiger charge is 2.46. The lowest BCUT2D eigenvalue weighted by Crippen LogP contribution is -2.57. The zero-order chi connectivity index (χ0) is 40.4. The van der Waals surface area contributed by atoms with E-state index in [4.69, 9.17) is 29.8 Å². The predicted octanol–water partition coefficient (Wildman–Crippen LogP) is 5.48. The van der Waals surface area contributed by atoms with Crippen LogP contribution < -0.4 is 16.4 Å². The molecule has 2 fully saturated rings. The van der Waals surface area contributed by atoms with Crippen LogP contribution in [0, 0.1) is 28.4 Å². The van der Waals surface area contributed by atoms with E-state index < -0.39 is 46.8 Å². The number of nitrogens with one attached hydrogen (secondary N) is 2. The van der Waals surface area contributed by atoms with Crippen molar-refractivity contribution in [1.82, 2.24) is 10.6 Å². The number of hydrogen-bond acceptors (Lipinski definition) is 9. The van der Waals surface area contributed by atoms with Crippen molar-refractivity contribution in [2.75, 3.05) is 26.3 Å². The predicted molar refractivity (Wildman–Crippen MR) is 195 cm³/mol. The SMILES string of the molecule is C[C@@H](CNC(=O)[C@@H]1OC(C)(C)OCC1(C)C)CC(=O)c1cccc(F)c1.C[C@H](N)CNC(=O)[C@@H]1OC(C)(C)OCC1(C)C.O=C(O)c1cccc(F)c1. The number of carboxylic acids is 1. The summed E-state index contributed by atoms with van der Waals surface area (Å²) in [7, 11) is 0. The molecule has 2 aliphatic rings. The van der Waals surface area contributed by atoms with Crippen LogP contribution >= 0.6 is 0 Å². The Morgan fingerprint density at radius 2 is 1.17 bits per heavy atom. The number of ketones is 1. The molecule has 296 valence electrons. The smallest absolute Gasteiger partial charge is 0.335 e. The Kier molecular flexibility index (Phi) is 16.2. The first-order valence-corrected chi connectivity index (χ1v) is 17.6. The number of carboxylic acid groups (broad SMARTS) is 1. The molecule has 0 aromatic heterocycles. The normalized spacial score (nSPS) is 21.9. The molecule has 2 saturated heterocycles. The third kappa shape index (κ3) is 15.2. The number of rotatable bonds is 10. The summed E-state index contributed by atoms with van der Waals surface area (Å²) >= 11 is 0. The maximum Gasteiger partial charge on any atom is 0.335 e. The number of Topliss-reactive ketones (excluding diaryl/α,β-unsaturated/α-hetero) is 1. The minimum Gasteiger partial charge on any atom is -0.478 e. The average molecular weight is 750 g/mol. The quantitative estimate of drug-likeness (QED) is 0.228. The molecule has 14 heteroatoms. The van der Waals surface area contributed by atoms with E-state index in [9.17, 15) is 28.0 Å². The summed E-state index contributed by atoms with van der Waals surface area (Å²) < 4.78 is 48.2. The second kappa shape index (κ2) is 19.0. The molecule has 53 heavy (non-hydrogen) atoms. The molecule has 2 amide bonds. The number of nitrogens with two attached hydrogens (primary N) is 1. The molecule has 4 atom stereocenters. The van der Waals surface area contributed by atoms with Crippen LogP contribution in [0.5, 0.6) is 0 Å². The lowest BCUT2D eigenvalue weighted by Gasteiger charge is -2.44. The van der Waals surface area contributed by atoms with Crippen molar-refractivity contribution in [2.24, 2.45) is 22.5 Å². The van der Waals surface area contributed by atoms with Gasteiger partial charge < -0.3 is 40.4 Å². The maximum atomic E-state index is 13.2. The monoisotopic (exact) mass is 749 g/mol. The minimum absolute atomic E-state index is 0.0278. The first-order valence-electron chi connectivity index (χ1n) is 17.6. The fourth-order valence-corrected chi connectivity index (χ4v) is 5.15. The molecule has 5 N–H and O–H groups in total. The molecule has 0 spiro atoms. The van der Waals surface area contributed by atoms with Gasteiger partial charge in [-0.2, -0.15) is 0 Å². The maximum absolute atomic E-state index is 13.2. The fraction of sp³-hybridized carbons (Fsp3) is 0.590. The van der Waals surface area contributed by atoms with Crippen molar-refractivity contribution in [3.05, 3.63) is 71.3 Å². The lowest BCUT2D eigenvalue weighted by molar-refractivity contribution is -0.304. The lowest BCUT2D eigenvalue weighted by atomic mass is 9.85. The van der Waals surface area contributed by atoms with E-state index in [1.165, 1.54) is 36.4 Å². The van der Waals surface area contributed by atoms with Gasteiger partial charge >= 0.3 is 5.97 Å². The summed E-state index contributed by atoms with van der Waals surface area (Å²) in [5.74, 6) is -4.15. The first kappa shape index (κ1) is 45.3. The molecular formula is C39H57F2N3O9. The number of aromatic carboxylic acids is 1. The van der Waals surface area contributed by atoms with Gasteiger partial charge in [-0.05, 0) is 70.9 Å². The molecule has 2 aromatic rings. The van der Waals surface area contributed by atoms with E-state index in [0.29, 0.717) is 31.9 Å². The van der Waals surface area contributed by atoms with Gasteiger partial charge in [-0.1, -0.05) is 52.8 Å². The van der Waals surface area contributed by atoms with Crippen molar-refractivity contribution in [1.29, 1.82) is 0 Å². The van der Waals surface area contributed by atoms with Crippen LogP contribution in [0.1, 0.15) is 96.4 Å². The van der Waals surface area contributed by atoms with Gasteiger partial charge in [-0.15, -0.1) is 0 Å². The standard InChI is InChI=1S/C20H28FNO4.C12H24N2O3.C7H5FO2/c1-13(9-16(23)14-7-6-8-15(21)10-14)11-22-18(24)17-19(2,3)12-25-20(4,5)26-17;1-8(13)6-14-10(15)9-11(2,3)7-16-12(4,5)17-9;8-6-3-1-2-5(4-6)7(9)10/h6-8,10,13,17H,9,11-12H2,1-5H3,(H,22,24);8-9H,6-7,13H2,1-5H3,(H,14,15);1-4H,(H,9,10)/t13-,17+;8-,9-;/m10./s1. The van der Waals surface area contributed by atoms with Gasteiger partial charge in [0.05, 0.1) is 18.8 Å². The molecule has 2 aromatic carbocycles. The van der Waals surface area contributed by atoms with E-state index in [1.54, 1.807) is 19.9 Å². The van der Waals surface area contributed by atoms with Crippen molar-refractivity contribution in [3.63, 3.8) is 0 Å². The third-order valence-electron chi connectivity index (χ3n) is 8.26. The minimum atomic E-state index is -1.11. The van der Waals surface area contributed by atoms with Crippen LogP contribution in [0.2, 0.25) is 0 Å². The van der Waals surface area contributed by atoms with E-state index in [1.807, 2.05) is 55.4 Å². The fourth-order valence-electron chi connectivity index (χ4n) is 5.15. The molecule has 0 saturated carbocycles. The summed E-state index contributed by atoms with van der Waals surface area (Å²) in [5, 5.41) is 14.0. The summed E-state index contributed by atoms with van der Waals surface area (Å²) in [6.45, 7) is 20.4. The second-order valence-electron chi connectivity index (χ2n) is 15.9. The highest BCUT2D eigenvalue weighted by atomic mass is 19.1. The number of amides is 2. The van der Waals surface area contributed by atoms with Gasteiger partial charge in [-0.25, -0.2) is 13.6 Å². The van der Waals surface area contributed by atoms with Gasteiger partial charge in [0.15, 0.2) is 17.4 Å². The summed E-state index contributed by atoms with van der Waals surface area (Å²) in [5.41, 5.74) is 5.15. The van der Waals surface area contributed by atoms with Gasteiger partial charge in [0.25, 0.3) is 0 Å². The number of halogens is 2. The number of ether oxygens (including phenoxy) is 4. The van der Waals surface area contributed by atoms with Crippen molar-refractivity contribution < 1.29 is 52.0 Å². The second-order valence-corrected chi connectivity index (χ2v) is 15.9. The molecular weight excluding hydrogens is 692 g/mol. The topological polar surface area (TPSA) is 176 Å². The first-order chi connectivity index (χ1) is 24.3. The molecule has 4 rings (SSSR count). The highest BCUT2D eigenvalue weighted by Crippen LogP contribution is 2.36. The molecule has 0 radical (unpaired) electrons. The van der Waals surface area contributed by atoms with Crippen LogP contribution in [0.25, 0.3) is 0 Å². The van der Waals surface area contributed by atoms with E-state index in [0.717, 1.165) is 6.07 Å².